The summed E-state index contributed by atoms with van der Waals surface area (Å²) in [5.74, 6) is 0.0792. The summed E-state index contributed by atoms with van der Waals surface area (Å²) in [4.78, 5) is 41.1. The van der Waals surface area contributed by atoms with Crippen LogP contribution in [-0.4, -0.2) is 57.3 Å². The van der Waals surface area contributed by atoms with Gasteiger partial charge in [-0.1, -0.05) is 12.1 Å². The average Bonchev–Trinajstić information content (AvgIpc) is 3.33. The molecule has 2 aliphatic heterocycles. The SMILES string of the molecule is COc1ccc(NC(=O)N2CC(=O)N(CC(=O)NC[C@@H]3CCCO3)c3ccccc32)cc1. The van der Waals surface area contributed by atoms with Gasteiger partial charge in [0.05, 0.1) is 24.6 Å². The Morgan fingerprint density at radius 3 is 2.56 bits per heavy atom. The van der Waals surface area contributed by atoms with Crippen molar-refractivity contribution in [3.8, 4) is 5.75 Å². The third-order valence-electron chi connectivity index (χ3n) is 5.50. The van der Waals surface area contributed by atoms with E-state index in [-0.39, 0.29) is 31.0 Å². The van der Waals surface area contributed by atoms with Gasteiger partial charge in [0.25, 0.3) is 0 Å². The number of nitrogens with one attached hydrogen (secondary N) is 2. The number of carbonyl (C=O) groups is 3. The fraction of sp³-hybridized carbons (Fsp3) is 0.348. The van der Waals surface area contributed by atoms with Crippen molar-refractivity contribution in [1.82, 2.24) is 5.32 Å². The maximum absolute atomic E-state index is 12.9. The monoisotopic (exact) mass is 438 g/mol. The lowest BCUT2D eigenvalue weighted by molar-refractivity contribution is -0.123. The van der Waals surface area contributed by atoms with Crippen LogP contribution in [0.25, 0.3) is 0 Å². The Kier molecular flexibility index (Phi) is 6.55. The number of methoxy groups -OCH3 is 1. The zero-order chi connectivity index (χ0) is 22.5. The summed E-state index contributed by atoms with van der Waals surface area (Å²) in [6.07, 6.45) is 1.94. The second-order valence-corrected chi connectivity index (χ2v) is 7.65. The quantitative estimate of drug-likeness (QED) is 0.721. The summed E-state index contributed by atoms with van der Waals surface area (Å²) in [5.41, 5.74) is 1.66. The van der Waals surface area contributed by atoms with E-state index in [4.69, 9.17) is 9.47 Å². The van der Waals surface area contributed by atoms with Crippen LogP contribution in [0.15, 0.2) is 48.5 Å². The highest BCUT2D eigenvalue weighted by atomic mass is 16.5. The molecule has 0 spiro atoms. The summed E-state index contributed by atoms with van der Waals surface area (Å²) in [5, 5.41) is 5.64. The number of carbonyl (C=O) groups excluding carboxylic acids is 3. The molecule has 4 rings (SSSR count). The van der Waals surface area contributed by atoms with Crippen LogP contribution in [0.5, 0.6) is 5.75 Å². The summed E-state index contributed by atoms with van der Waals surface area (Å²) in [6.45, 7) is 0.861. The van der Waals surface area contributed by atoms with Gasteiger partial charge < -0.3 is 20.1 Å². The molecule has 1 fully saturated rings. The molecule has 0 unspecified atom stereocenters. The van der Waals surface area contributed by atoms with Crippen LogP contribution >= 0.6 is 0 Å². The molecule has 2 aromatic rings. The van der Waals surface area contributed by atoms with Crippen molar-refractivity contribution in [3.63, 3.8) is 0 Å². The first-order chi connectivity index (χ1) is 15.5. The van der Waals surface area contributed by atoms with E-state index in [0.717, 1.165) is 12.8 Å². The summed E-state index contributed by atoms with van der Waals surface area (Å²) < 4.78 is 10.6. The van der Waals surface area contributed by atoms with E-state index in [1.165, 1.54) is 9.80 Å². The lowest BCUT2D eigenvalue weighted by Crippen LogP contribution is -2.52. The van der Waals surface area contributed by atoms with Gasteiger partial charge in [0.2, 0.25) is 11.8 Å². The number of anilines is 3. The summed E-state index contributed by atoms with van der Waals surface area (Å²) >= 11 is 0. The Labute approximate surface area is 186 Å². The Bertz CT molecular complexity index is 988. The van der Waals surface area contributed by atoms with Crippen LogP contribution < -0.4 is 25.2 Å². The first kappa shape index (κ1) is 21.6. The van der Waals surface area contributed by atoms with Gasteiger partial charge in [0.1, 0.15) is 18.8 Å². The lowest BCUT2D eigenvalue weighted by atomic mass is 10.1. The van der Waals surface area contributed by atoms with Gasteiger partial charge in [0, 0.05) is 18.8 Å². The van der Waals surface area contributed by atoms with Gasteiger partial charge >= 0.3 is 6.03 Å². The van der Waals surface area contributed by atoms with E-state index in [0.29, 0.717) is 36.0 Å². The van der Waals surface area contributed by atoms with Crippen LogP contribution in [0.4, 0.5) is 21.9 Å². The number of amides is 4. The van der Waals surface area contributed by atoms with Gasteiger partial charge in [-0.05, 0) is 49.2 Å². The van der Waals surface area contributed by atoms with Crippen molar-refractivity contribution >= 4 is 34.9 Å². The summed E-state index contributed by atoms with van der Waals surface area (Å²) in [7, 11) is 1.57. The first-order valence-electron chi connectivity index (χ1n) is 10.6. The number of para-hydroxylation sites is 2. The average molecular weight is 438 g/mol. The molecule has 0 aromatic heterocycles. The van der Waals surface area contributed by atoms with Crippen LogP contribution in [0, 0.1) is 0 Å². The zero-order valence-electron chi connectivity index (χ0n) is 17.9. The van der Waals surface area contributed by atoms with Gasteiger partial charge in [0.15, 0.2) is 0 Å². The van der Waals surface area contributed by atoms with Crippen molar-refractivity contribution in [1.29, 1.82) is 0 Å². The molecule has 2 heterocycles. The Morgan fingerprint density at radius 1 is 1.12 bits per heavy atom. The van der Waals surface area contributed by atoms with Crippen molar-refractivity contribution in [2.24, 2.45) is 0 Å². The molecule has 0 bridgehead atoms. The van der Waals surface area contributed by atoms with Crippen molar-refractivity contribution < 1.29 is 23.9 Å². The highest BCUT2D eigenvalue weighted by Crippen LogP contribution is 2.33. The van der Waals surface area contributed by atoms with E-state index < -0.39 is 6.03 Å². The molecule has 168 valence electrons. The van der Waals surface area contributed by atoms with E-state index in [1.807, 2.05) is 0 Å². The fourth-order valence-electron chi connectivity index (χ4n) is 3.81. The minimum absolute atomic E-state index is 0.0282. The second kappa shape index (κ2) is 9.69. The number of rotatable bonds is 6. The maximum Gasteiger partial charge on any atom is 0.326 e. The molecule has 2 aromatic carbocycles. The van der Waals surface area contributed by atoms with E-state index in [9.17, 15) is 14.4 Å². The Morgan fingerprint density at radius 2 is 1.88 bits per heavy atom. The van der Waals surface area contributed by atoms with Gasteiger partial charge in [-0.2, -0.15) is 0 Å². The highest BCUT2D eigenvalue weighted by molar-refractivity contribution is 6.15. The van der Waals surface area contributed by atoms with Crippen LogP contribution in [-0.2, 0) is 14.3 Å². The number of urea groups is 1. The summed E-state index contributed by atoms with van der Waals surface area (Å²) in [6, 6.07) is 13.5. The van der Waals surface area contributed by atoms with Gasteiger partial charge in [-0.25, -0.2) is 4.79 Å². The molecule has 0 radical (unpaired) electrons. The molecular formula is C23H26N4O5. The number of nitrogens with zero attached hydrogens (tertiary/aromatic N) is 2. The number of hydrogen-bond acceptors (Lipinski definition) is 5. The van der Waals surface area contributed by atoms with E-state index in [2.05, 4.69) is 10.6 Å². The smallest absolute Gasteiger partial charge is 0.326 e. The molecule has 1 atom stereocenters. The molecule has 1 saturated heterocycles. The van der Waals surface area contributed by atoms with Crippen LogP contribution in [0.1, 0.15) is 12.8 Å². The first-order valence-corrected chi connectivity index (χ1v) is 10.6. The zero-order valence-corrected chi connectivity index (χ0v) is 17.9. The lowest BCUT2D eigenvalue weighted by Gasteiger charge is -2.35. The van der Waals surface area contributed by atoms with Gasteiger partial charge in [-0.15, -0.1) is 0 Å². The number of benzene rings is 2. The predicted molar refractivity (Wildman–Crippen MR) is 120 cm³/mol. The van der Waals surface area contributed by atoms with Crippen LogP contribution in [0.3, 0.4) is 0 Å². The van der Waals surface area contributed by atoms with Gasteiger partial charge in [-0.3, -0.25) is 19.4 Å². The molecule has 32 heavy (non-hydrogen) atoms. The van der Waals surface area contributed by atoms with Crippen molar-refractivity contribution in [2.45, 2.75) is 18.9 Å². The predicted octanol–water partition coefficient (Wildman–Crippen LogP) is 2.38. The van der Waals surface area contributed by atoms with Crippen molar-refractivity contribution in [2.75, 3.05) is 48.5 Å². The molecule has 2 aliphatic rings. The number of ether oxygens (including phenoxy) is 2. The molecular weight excluding hydrogens is 412 g/mol. The normalized spacial score (nSPS) is 17.7. The Balaban J connectivity index is 1.45. The Hall–Kier alpha value is -3.59. The molecule has 4 amide bonds. The highest BCUT2D eigenvalue weighted by Gasteiger charge is 2.33. The second-order valence-electron chi connectivity index (χ2n) is 7.65. The molecule has 2 N–H and O–H groups in total. The third kappa shape index (κ3) is 4.83. The topological polar surface area (TPSA) is 100 Å². The molecule has 0 saturated carbocycles. The molecule has 0 aliphatic carbocycles. The number of hydrogen-bond donors (Lipinski definition) is 2. The minimum atomic E-state index is -0.432. The fourth-order valence-corrected chi connectivity index (χ4v) is 3.81. The third-order valence-corrected chi connectivity index (χ3v) is 5.50. The largest absolute Gasteiger partial charge is 0.497 e. The maximum atomic E-state index is 12.9. The van der Waals surface area contributed by atoms with Crippen LogP contribution in [0.2, 0.25) is 0 Å². The standard InChI is InChI=1S/C23H26N4O5/c1-31-17-10-8-16(9-11-17)25-23(30)27-15-22(29)26(19-6-2-3-7-20(19)27)14-21(28)24-13-18-5-4-12-32-18/h2-3,6-11,18H,4-5,12-15H2,1H3,(H,24,28)(H,25,30)/t18-/m0/s1. The van der Waals surface area contributed by atoms with Crippen molar-refractivity contribution in [3.05, 3.63) is 48.5 Å². The molecule has 9 heteroatoms. The van der Waals surface area contributed by atoms with E-state index >= 15 is 0 Å². The van der Waals surface area contributed by atoms with E-state index in [1.54, 1.807) is 55.6 Å². The minimum Gasteiger partial charge on any atom is -0.497 e. The number of fused-ring (bicyclic) bond motifs is 1. The molecule has 9 nitrogen and oxygen atoms in total.